The summed E-state index contributed by atoms with van der Waals surface area (Å²) in [6, 6.07) is 16.5. The lowest BCUT2D eigenvalue weighted by molar-refractivity contribution is -0.123. The van der Waals surface area contributed by atoms with Gasteiger partial charge in [-0.3, -0.25) is 9.59 Å². The first kappa shape index (κ1) is 15.8. The summed E-state index contributed by atoms with van der Waals surface area (Å²) >= 11 is 0. The van der Waals surface area contributed by atoms with E-state index in [2.05, 4.69) is 24.3 Å². The highest BCUT2D eigenvalue weighted by Crippen LogP contribution is 2.61. The number of benzene rings is 2. The molecule has 0 N–H and O–H groups in total. The van der Waals surface area contributed by atoms with Gasteiger partial charge >= 0.3 is 0 Å². The molecule has 0 spiro atoms. The van der Waals surface area contributed by atoms with Crippen molar-refractivity contribution in [3.63, 3.8) is 0 Å². The van der Waals surface area contributed by atoms with Crippen LogP contribution in [0.1, 0.15) is 35.4 Å². The monoisotopic (exact) mass is 345 g/mol. The molecule has 2 aromatic carbocycles. The molecule has 0 radical (unpaired) electrons. The molecule has 3 heteroatoms. The summed E-state index contributed by atoms with van der Waals surface area (Å²) < 4.78 is 0. The Kier molecular flexibility index (Phi) is 3.37. The highest BCUT2D eigenvalue weighted by Gasteiger charge is 2.64. The Hall–Kier alpha value is -2.42. The van der Waals surface area contributed by atoms with Crippen LogP contribution in [-0.2, 0) is 9.59 Å². The Balaban J connectivity index is 1.51. The van der Waals surface area contributed by atoms with E-state index in [1.54, 1.807) is 0 Å². The van der Waals surface area contributed by atoms with Crippen LogP contribution < -0.4 is 4.90 Å². The molecule has 5 atom stereocenters. The van der Waals surface area contributed by atoms with Gasteiger partial charge in [0.1, 0.15) is 0 Å². The topological polar surface area (TPSA) is 37.4 Å². The molecule has 0 aromatic heterocycles. The van der Waals surface area contributed by atoms with Crippen LogP contribution in [0.25, 0.3) is 0 Å². The van der Waals surface area contributed by atoms with Gasteiger partial charge in [0.2, 0.25) is 11.8 Å². The molecule has 3 fully saturated rings. The Morgan fingerprint density at radius 3 is 2.35 bits per heavy atom. The minimum atomic E-state index is -0.132. The number of nitrogens with zero attached hydrogens (tertiary/aromatic N) is 1. The molecule has 5 rings (SSSR count). The average Bonchev–Trinajstić information content (AvgIpc) is 3.29. The largest absolute Gasteiger partial charge is 0.274 e. The third-order valence-corrected chi connectivity index (χ3v) is 6.84. The summed E-state index contributed by atoms with van der Waals surface area (Å²) in [5, 5.41) is 0. The highest BCUT2D eigenvalue weighted by molar-refractivity contribution is 6.23. The lowest BCUT2D eigenvalue weighted by atomic mass is 9.73. The quantitative estimate of drug-likeness (QED) is 0.764. The van der Waals surface area contributed by atoms with Crippen molar-refractivity contribution in [3.8, 4) is 0 Å². The predicted octanol–water partition coefficient (Wildman–Crippen LogP) is 4.23. The molecule has 2 saturated carbocycles. The summed E-state index contributed by atoms with van der Waals surface area (Å²) in [4.78, 5) is 28.0. The second kappa shape index (κ2) is 5.54. The number of aryl methyl sites for hydroxylation is 2. The first-order chi connectivity index (χ1) is 12.6. The summed E-state index contributed by atoms with van der Waals surface area (Å²) in [5.41, 5.74) is 4.24. The second-order valence-electron chi connectivity index (χ2n) is 8.27. The third-order valence-electron chi connectivity index (χ3n) is 6.84. The van der Waals surface area contributed by atoms with Crippen LogP contribution in [0.15, 0.2) is 48.5 Å². The minimum absolute atomic E-state index is 0.0279. The molecule has 2 bridgehead atoms. The van der Waals surface area contributed by atoms with Gasteiger partial charge in [-0.25, -0.2) is 4.90 Å². The molecule has 132 valence electrons. The molecule has 2 aliphatic carbocycles. The van der Waals surface area contributed by atoms with Gasteiger partial charge in [0, 0.05) is 0 Å². The van der Waals surface area contributed by atoms with Crippen LogP contribution in [-0.4, -0.2) is 11.8 Å². The molecule has 26 heavy (non-hydrogen) atoms. The maximum Gasteiger partial charge on any atom is 0.238 e. The third kappa shape index (κ3) is 2.06. The molecule has 1 aliphatic heterocycles. The van der Waals surface area contributed by atoms with Crippen LogP contribution in [0.2, 0.25) is 0 Å². The van der Waals surface area contributed by atoms with Crippen molar-refractivity contribution in [1.82, 2.24) is 0 Å². The van der Waals surface area contributed by atoms with Crippen LogP contribution >= 0.6 is 0 Å². The molecule has 1 saturated heterocycles. The number of anilines is 1. The van der Waals surface area contributed by atoms with Crippen molar-refractivity contribution in [2.75, 3.05) is 4.90 Å². The van der Waals surface area contributed by atoms with E-state index in [1.165, 1.54) is 10.5 Å². The standard InChI is InChI=1S/C23H23NO2/c1-13-8-9-19(14(2)10-13)24-22(25)20-16-11-17(15-6-4-3-5-7-15)18(12-16)21(20)23(24)26/h3-10,16-18,20-21H,11-12H2,1-2H3/t16-,17-,18+,20-,21+/m1/s1. The van der Waals surface area contributed by atoms with Gasteiger partial charge in [-0.2, -0.15) is 0 Å². The van der Waals surface area contributed by atoms with Crippen molar-refractivity contribution in [3.05, 3.63) is 65.2 Å². The number of fused-ring (bicyclic) bond motifs is 5. The summed E-state index contributed by atoms with van der Waals surface area (Å²) in [6.45, 7) is 4.02. The minimum Gasteiger partial charge on any atom is -0.274 e. The van der Waals surface area contributed by atoms with Crippen molar-refractivity contribution in [1.29, 1.82) is 0 Å². The molecular formula is C23H23NO2. The smallest absolute Gasteiger partial charge is 0.238 e. The van der Waals surface area contributed by atoms with Crippen molar-refractivity contribution in [2.24, 2.45) is 23.7 Å². The number of rotatable bonds is 2. The molecular weight excluding hydrogens is 322 g/mol. The fourth-order valence-corrected chi connectivity index (χ4v) is 5.84. The van der Waals surface area contributed by atoms with E-state index in [0.29, 0.717) is 17.8 Å². The van der Waals surface area contributed by atoms with Gasteiger partial charge in [-0.05, 0) is 61.6 Å². The van der Waals surface area contributed by atoms with E-state index in [9.17, 15) is 9.59 Å². The van der Waals surface area contributed by atoms with Crippen LogP contribution in [0, 0.1) is 37.5 Å². The normalized spacial score (nSPS) is 32.4. The lowest BCUT2D eigenvalue weighted by Crippen LogP contribution is -2.33. The van der Waals surface area contributed by atoms with E-state index in [1.807, 2.05) is 38.1 Å². The van der Waals surface area contributed by atoms with Crippen LogP contribution in [0.4, 0.5) is 5.69 Å². The number of imide groups is 1. The molecule has 2 aromatic rings. The van der Waals surface area contributed by atoms with Crippen molar-refractivity contribution >= 4 is 17.5 Å². The SMILES string of the molecule is Cc1ccc(N2C(=O)[C@@H]3[C@H]4C[C@H]([C@@H]3C2=O)[C@@H](c2ccccc2)C4)c(C)c1. The van der Waals surface area contributed by atoms with Gasteiger partial charge < -0.3 is 0 Å². The van der Waals surface area contributed by atoms with Gasteiger partial charge in [-0.1, -0.05) is 48.0 Å². The fourth-order valence-electron chi connectivity index (χ4n) is 5.84. The van der Waals surface area contributed by atoms with Gasteiger partial charge in [0.05, 0.1) is 17.5 Å². The zero-order chi connectivity index (χ0) is 18.0. The number of carbonyl (C=O) groups excluding carboxylic acids is 2. The van der Waals surface area contributed by atoms with Gasteiger partial charge in [-0.15, -0.1) is 0 Å². The first-order valence-corrected chi connectivity index (χ1v) is 9.56. The predicted molar refractivity (Wildman–Crippen MR) is 101 cm³/mol. The molecule has 1 heterocycles. The summed E-state index contributed by atoms with van der Waals surface area (Å²) in [6.07, 6.45) is 2.06. The van der Waals surface area contributed by atoms with E-state index < -0.39 is 0 Å². The van der Waals surface area contributed by atoms with Gasteiger partial charge in [0.25, 0.3) is 0 Å². The highest BCUT2D eigenvalue weighted by atomic mass is 16.2. The number of hydrogen-bond acceptors (Lipinski definition) is 2. The van der Waals surface area contributed by atoms with E-state index in [0.717, 1.165) is 29.7 Å². The van der Waals surface area contributed by atoms with E-state index >= 15 is 0 Å². The van der Waals surface area contributed by atoms with Gasteiger partial charge in [0.15, 0.2) is 0 Å². The van der Waals surface area contributed by atoms with Crippen LogP contribution in [0.5, 0.6) is 0 Å². The van der Waals surface area contributed by atoms with E-state index in [-0.39, 0.29) is 23.7 Å². The van der Waals surface area contributed by atoms with Crippen molar-refractivity contribution < 1.29 is 9.59 Å². The lowest BCUT2D eigenvalue weighted by Gasteiger charge is -2.28. The zero-order valence-electron chi connectivity index (χ0n) is 15.2. The summed E-state index contributed by atoms with van der Waals surface area (Å²) in [7, 11) is 0. The summed E-state index contributed by atoms with van der Waals surface area (Å²) in [5.74, 6) is 0.895. The second-order valence-corrected chi connectivity index (χ2v) is 8.27. The maximum atomic E-state index is 13.3. The number of hydrogen-bond donors (Lipinski definition) is 0. The number of carbonyl (C=O) groups is 2. The number of amides is 2. The molecule has 3 aliphatic rings. The molecule has 0 unspecified atom stereocenters. The maximum absolute atomic E-state index is 13.3. The van der Waals surface area contributed by atoms with Crippen LogP contribution in [0.3, 0.4) is 0 Å². The molecule has 3 nitrogen and oxygen atoms in total. The Bertz CT molecular complexity index is 904. The Labute approximate surface area is 154 Å². The van der Waals surface area contributed by atoms with Crippen molar-refractivity contribution in [2.45, 2.75) is 32.6 Å². The zero-order valence-corrected chi connectivity index (χ0v) is 15.2. The fraction of sp³-hybridized carbons (Fsp3) is 0.391. The Morgan fingerprint density at radius 2 is 1.62 bits per heavy atom. The van der Waals surface area contributed by atoms with E-state index in [4.69, 9.17) is 0 Å². The molecule has 2 amide bonds. The first-order valence-electron chi connectivity index (χ1n) is 9.56. The Morgan fingerprint density at radius 1 is 0.885 bits per heavy atom. The average molecular weight is 345 g/mol.